The summed E-state index contributed by atoms with van der Waals surface area (Å²) in [5.74, 6) is 1.37. The fourth-order valence-electron chi connectivity index (χ4n) is 4.79. The summed E-state index contributed by atoms with van der Waals surface area (Å²) in [6.07, 6.45) is 5.72. The second kappa shape index (κ2) is 10.8. The van der Waals surface area contributed by atoms with Crippen molar-refractivity contribution < 1.29 is 28.2 Å². The molecule has 0 radical (unpaired) electrons. The third kappa shape index (κ3) is 5.03. The highest BCUT2D eigenvalue weighted by atomic mass is 16.6. The van der Waals surface area contributed by atoms with E-state index in [-0.39, 0.29) is 18.6 Å². The number of hydrogen-bond donors (Lipinski definition) is 1. The summed E-state index contributed by atoms with van der Waals surface area (Å²) < 4.78 is 22.8. The molecule has 0 saturated heterocycles. The largest absolute Gasteiger partial charge is 0.497 e. The lowest BCUT2D eigenvalue weighted by molar-refractivity contribution is -0.132. The molecular weight excluding hydrogens is 460 g/mol. The maximum absolute atomic E-state index is 14.1. The smallest absolute Gasteiger partial charge is 0.272 e. The van der Waals surface area contributed by atoms with Crippen LogP contribution in [-0.2, 0) is 9.59 Å². The Morgan fingerprint density at radius 2 is 1.72 bits per heavy atom. The van der Waals surface area contributed by atoms with Gasteiger partial charge in [0.15, 0.2) is 17.5 Å². The molecule has 5 rings (SSSR count). The van der Waals surface area contributed by atoms with Crippen LogP contribution in [-0.4, -0.2) is 37.7 Å². The summed E-state index contributed by atoms with van der Waals surface area (Å²) in [6.45, 7) is 0.0254. The van der Waals surface area contributed by atoms with E-state index in [1.54, 1.807) is 55.6 Å². The van der Waals surface area contributed by atoms with E-state index in [2.05, 4.69) is 5.32 Å². The average molecular weight is 491 g/mol. The van der Waals surface area contributed by atoms with Crippen LogP contribution in [0.5, 0.6) is 17.2 Å². The van der Waals surface area contributed by atoms with Gasteiger partial charge in [-0.3, -0.25) is 14.5 Å². The number of nitrogens with one attached hydrogen (secondary N) is 1. The van der Waals surface area contributed by atoms with Gasteiger partial charge < -0.3 is 23.9 Å². The van der Waals surface area contributed by atoms with Crippen LogP contribution >= 0.6 is 0 Å². The van der Waals surface area contributed by atoms with E-state index in [1.165, 1.54) is 17.6 Å². The normalized spacial score (nSPS) is 18.2. The number of hydrogen-bond acceptors (Lipinski definition) is 6. The highest BCUT2D eigenvalue weighted by Crippen LogP contribution is 2.35. The van der Waals surface area contributed by atoms with Gasteiger partial charge in [-0.15, -0.1) is 0 Å². The Morgan fingerprint density at radius 3 is 2.42 bits per heavy atom. The number of ether oxygens (including phenoxy) is 3. The number of anilines is 1. The molecule has 2 amide bonds. The number of methoxy groups -OCH3 is 1. The van der Waals surface area contributed by atoms with Crippen LogP contribution in [0, 0.1) is 0 Å². The fraction of sp³-hybridized carbons (Fsp3) is 0.357. The molecule has 1 aromatic heterocycles. The Labute approximate surface area is 210 Å². The number of para-hydroxylation sites is 2. The second-order valence-corrected chi connectivity index (χ2v) is 9.03. The zero-order chi connectivity index (χ0) is 24.9. The van der Waals surface area contributed by atoms with Crippen molar-refractivity contribution >= 4 is 17.5 Å². The third-order valence-electron chi connectivity index (χ3n) is 6.64. The zero-order valence-corrected chi connectivity index (χ0v) is 20.2. The van der Waals surface area contributed by atoms with E-state index in [0.717, 1.165) is 25.7 Å². The maximum atomic E-state index is 14.1. The van der Waals surface area contributed by atoms with Crippen LogP contribution in [0.3, 0.4) is 0 Å². The Balaban J connectivity index is 1.50. The molecule has 2 aliphatic rings. The van der Waals surface area contributed by atoms with Gasteiger partial charge in [-0.05, 0) is 61.4 Å². The highest BCUT2D eigenvalue weighted by molar-refractivity contribution is 6.03. The minimum absolute atomic E-state index is 0.0254. The molecule has 2 atom stereocenters. The monoisotopic (exact) mass is 490 g/mol. The first-order chi connectivity index (χ1) is 17.6. The third-order valence-corrected chi connectivity index (χ3v) is 6.64. The van der Waals surface area contributed by atoms with Crippen molar-refractivity contribution in [1.82, 2.24) is 5.32 Å². The van der Waals surface area contributed by atoms with Crippen LogP contribution in [0.15, 0.2) is 71.3 Å². The van der Waals surface area contributed by atoms with Gasteiger partial charge in [-0.25, -0.2) is 0 Å². The van der Waals surface area contributed by atoms with Gasteiger partial charge in [0.05, 0.1) is 13.4 Å². The van der Waals surface area contributed by atoms with Gasteiger partial charge in [0.1, 0.15) is 18.1 Å². The molecule has 0 spiro atoms. The first kappa shape index (κ1) is 23.8. The van der Waals surface area contributed by atoms with Gasteiger partial charge >= 0.3 is 0 Å². The van der Waals surface area contributed by atoms with Crippen molar-refractivity contribution in [2.24, 2.45) is 0 Å². The molecule has 188 valence electrons. The minimum atomic E-state index is -1.02. The summed E-state index contributed by atoms with van der Waals surface area (Å²) in [5, 5.41) is 3.16. The minimum Gasteiger partial charge on any atom is -0.497 e. The summed E-state index contributed by atoms with van der Waals surface area (Å²) in [6, 6.07) is 16.7. The molecule has 0 bridgehead atoms. The van der Waals surface area contributed by atoms with Gasteiger partial charge in [0, 0.05) is 11.7 Å². The number of rotatable bonds is 7. The lowest BCUT2D eigenvalue weighted by atomic mass is 9.95. The lowest BCUT2D eigenvalue weighted by Crippen LogP contribution is -2.52. The number of fused-ring (bicyclic) bond motifs is 1. The molecule has 2 heterocycles. The quantitative estimate of drug-likeness (QED) is 0.519. The summed E-state index contributed by atoms with van der Waals surface area (Å²) >= 11 is 0. The molecule has 8 heteroatoms. The van der Waals surface area contributed by atoms with Crippen LogP contribution < -0.4 is 24.4 Å². The Bertz CT molecular complexity index is 1170. The molecule has 8 nitrogen and oxygen atoms in total. The standard InChI is InChI=1S/C28H30N2O6/c1-33-21-15-13-20(14-16-21)30(28(32)25-18-35-22-10-5-6-11-23(22)36-25)26(24-12-7-17-34-24)27(31)29-19-8-3-2-4-9-19/h5-7,10-17,19,25-26H,2-4,8-9,18H2,1H3,(H,29,31)/t25-,26-/m0/s1. The van der Waals surface area contributed by atoms with Crippen molar-refractivity contribution in [2.45, 2.75) is 50.3 Å². The fourth-order valence-corrected chi connectivity index (χ4v) is 4.79. The van der Waals surface area contributed by atoms with Crippen LogP contribution in [0.2, 0.25) is 0 Å². The van der Waals surface area contributed by atoms with Crippen molar-refractivity contribution in [3.05, 3.63) is 72.7 Å². The topological polar surface area (TPSA) is 90.2 Å². The zero-order valence-electron chi connectivity index (χ0n) is 20.2. The summed E-state index contributed by atoms with van der Waals surface area (Å²) in [5.41, 5.74) is 0.517. The highest BCUT2D eigenvalue weighted by Gasteiger charge is 2.41. The average Bonchev–Trinajstić information content (AvgIpc) is 3.46. The van der Waals surface area contributed by atoms with Crippen molar-refractivity contribution in [2.75, 3.05) is 18.6 Å². The molecule has 1 saturated carbocycles. The van der Waals surface area contributed by atoms with Gasteiger partial charge in [0.2, 0.25) is 6.10 Å². The van der Waals surface area contributed by atoms with Crippen LogP contribution in [0.1, 0.15) is 43.9 Å². The summed E-state index contributed by atoms with van der Waals surface area (Å²) in [4.78, 5) is 29.3. The van der Waals surface area contributed by atoms with Gasteiger partial charge in [0.25, 0.3) is 11.8 Å². The number of carbonyl (C=O) groups excluding carboxylic acids is 2. The molecule has 1 aliphatic heterocycles. The van der Waals surface area contributed by atoms with Gasteiger partial charge in [-0.2, -0.15) is 0 Å². The van der Waals surface area contributed by atoms with E-state index in [9.17, 15) is 9.59 Å². The second-order valence-electron chi connectivity index (χ2n) is 9.03. The van der Waals surface area contributed by atoms with Crippen LogP contribution in [0.25, 0.3) is 0 Å². The molecular formula is C28H30N2O6. The molecule has 0 unspecified atom stereocenters. The molecule has 1 fully saturated rings. The first-order valence-corrected chi connectivity index (χ1v) is 12.3. The number of amides is 2. The molecule has 36 heavy (non-hydrogen) atoms. The molecule has 1 N–H and O–H groups in total. The summed E-state index contributed by atoms with van der Waals surface area (Å²) in [7, 11) is 1.58. The maximum Gasteiger partial charge on any atom is 0.272 e. The first-order valence-electron chi connectivity index (χ1n) is 12.3. The van der Waals surface area contributed by atoms with Crippen molar-refractivity contribution in [3.63, 3.8) is 0 Å². The molecule has 1 aliphatic carbocycles. The predicted octanol–water partition coefficient (Wildman–Crippen LogP) is 4.65. The van der Waals surface area contributed by atoms with E-state index in [1.807, 2.05) is 12.1 Å². The SMILES string of the molecule is COc1ccc(N(C(=O)[C@@H]2COc3ccccc3O2)[C@H](C(=O)NC2CCCCC2)c2ccco2)cc1. The number of nitrogens with zero attached hydrogens (tertiary/aromatic N) is 1. The number of benzene rings is 2. The van der Waals surface area contributed by atoms with Crippen LogP contribution in [0.4, 0.5) is 5.69 Å². The number of furan rings is 1. The van der Waals surface area contributed by atoms with E-state index in [0.29, 0.717) is 28.7 Å². The number of carbonyl (C=O) groups is 2. The molecule has 2 aromatic carbocycles. The Kier molecular flexibility index (Phi) is 7.11. The van der Waals surface area contributed by atoms with E-state index in [4.69, 9.17) is 18.6 Å². The van der Waals surface area contributed by atoms with Crippen molar-refractivity contribution in [3.8, 4) is 17.2 Å². The Morgan fingerprint density at radius 1 is 0.972 bits per heavy atom. The van der Waals surface area contributed by atoms with E-state index < -0.39 is 18.1 Å². The van der Waals surface area contributed by atoms with Gasteiger partial charge in [-0.1, -0.05) is 31.4 Å². The lowest BCUT2D eigenvalue weighted by Gasteiger charge is -2.35. The predicted molar refractivity (Wildman–Crippen MR) is 133 cm³/mol. The van der Waals surface area contributed by atoms with Crippen molar-refractivity contribution in [1.29, 1.82) is 0 Å². The Hall–Kier alpha value is -3.94. The van der Waals surface area contributed by atoms with E-state index >= 15 is 0 Å². The molecule has 3 aromatic rings.